The van der Waals surface area contributed by atoms with Gasteiger partial charge < -0.3 is 14.2 Å². The van der Waals surface area contributed by atoms with Gasteiger partial charge in [0.15, 0.2) is 0 Å². The lowest BCUT2D eigenvalue weighted by molar-refractivity contribution is -0.146. The molecule has 0 saturated heterocycles. The van der Waals surface area contributed by atoms with Crippen molar-refractivity contribution < 1.29 is 9.53 Å². The molecule has 0 radical (unpaired) electrons. The monoisotopic (exact) mass is 314 g/mol. The molecule has 0 saturated carbocycles. The molecule has 1 aromatic carbocycles. The number of ether oxygens (including phenoxy) is 1. The zero-order valence-corrected chi connectivity index (χ0v) is 14.6. The summed E-state index contributed by atoms with van der Waals surface area (Å²) in [6.07, 6.45) is 2.13. The van der Waals surface area contributed by atoms with E-state index in [1.54, 1.807) is 0 Å². The highest BCUT2D eigenvalue weighted by molar-refractivity contribution is 5.88. The predicted molar refractivity (Wildman–Crippen MR) is 92.7 cm³/mol. The summed E-state index contributed by atoms with van der Waals surface area (Å²) in [6, 6.07) is 6.24. The molecule has 1 aliphatic rings. The maximum absolute atomic E-state index is 12.3. The predicted octanol–water partition coefficient (Wildman–Crippen LogP) is 3.45. The molecule has 0 spiro atoms. The fourth-order valence-electron chi connectivity index (χ4n) is 3.67. The van der Waals surface area contributed by atoms with Gasteiger partial charge in [-0.15, -0.1) is 0 Å². The van der Waals surface area contributed by atoms with Crippen molar-refractivity contribution in [1.29, 1.82) is 0 Å². The summed E-state index contributed by atoms with van der Waals surface area (Å²) in [7, 11) is 2.17. The van der Waals surface area contributed by atoms with Crippen molar-refractivity contribution in [2.75, 3.05) is 20.2 Å². The second-order valence-corrected chi connectivity index (χ2v) is 6.59. The maximum Gasteiger partial charge on any atom is 0.328 e. The first-order valence-corrected chi connectivity index (χ1v) is 8.50. The van der Waals surface area contributed by atoms with Crippen LogP contribution in [0, 0.1) is 6.92 Å². The lowest BCUT2D eigenvalue weighted by Crippen LogP contribution is -2.21. The highest BCUT2D eigenvalue weighted by Gasteiger charge is 2.26. The summed E-state index contributed by atoms with van der Waals surface area (Å²) in [5.41, 5.74) is 5.08. The molecule has 1 unspecified atom stereocenters. The fraction of sp³-hybridized carbons (Fsp3) is 0.526. The summed E-state index contributed by atoms with van der Waals surface area (Å²) < 4.78 is 7.48. The molecule has 4 nitrogen and oxygen atoms in total. The highest BCUT2D eigenvalue weighted by Crippen LogP contribution is 2.33. The number of hydrogen-bond acceptors (Lipinski definition) is 3. The molecular weight excluding hydrogens is 288 g/mol. The van der Waals surface area contributed by atoms with E-state index >= 15 is 0 Å². The van der Waals surface area contributed by atoms with Gasteiger partial charge in [-0.25, -0.2) is 4.79 Å². The third-order valence-electron chi connectivity index (χ3n) is 4.77. The smallest absolute Gasteiger partial charge is 0.328 e. The van der Waals surface area contributed by atoms with Crippen LogP contribution in [0.4, 0.5) is 0 Å². The van der Waals surface area contributed by atoms with Crippen LogP contribution in [0.5, 0.6) is 0 Å². The van der Waals surface area contributed by atoms with E-state index in [2.05, 4.69) is 41.6 Å². The molecule has 0 N–H and O–H groups in total. The van der Waals surface area contributed by atoms with Crippen molar-refractivity contribution in [2.24, 2.45) is 0 Å². The maximum atomic E-state index is 12.3. The number of carbonyl (C=O) groups excluding carboxylic acids is 1. The topological polar surface area (TPSA) is 34.5 Å². The van der Waals surface area contributed by atoms with Crippen LogP contribution in [0.15, 0.2) is 18.2 Å². The van der Waals surface area contributed by atoms with Crippen LogP contribution in [0.1, 0.15) is 43.1 Å². The van der Waals surface area contributed by atoms with Crippen molar-refractivity contribution in [1.82, 2.24) is 9.47 Å². The first-order valence-electron chi connectivity index (χ1n) is 8.50. The molecule has 0 aliphatic carbocycles. The number of nitrogens with zero attached hydrogens (tertiary/aromatic N) is 2. The Labute approximate surface area is 138 Å². The number of rotatable bonds is 3. The van der Waals surface area contributed by atoms with Gasteiger partial charge >= 0.3 is 5.97 Å². The average Bonchev–Trinajstić information content (AvgIpc) is 2.67. The quantitative estimate of drug-likeness (QED) is 0.814. The minimum absolute atomic E-state index is 0.148. The molecule has 2 heterocycles. The van der Waals surface area contributed by atoms with E-state index in [9.17, 15) is 4.79 Å². The molecule has 1 aliphatic heterocycles. The van der Waals surface area contributed by atoms with Crippen LogP contribution in [-0.2, 0) is 22.5 Å². The fourth-order valence-corrected chi connectivity index (χ4v) is 3.67. The van der Waals surface area contributed by atoms with Gasteiger partial charge in [0, 0.05) is 23.1 Å². The normalized spacial score (nSPS) is 16.9. The lowest BCUT2D eigenvalue weighted by atomic mass is 10.1. The van der Waals surface area contributed by atoms with E-state index in [-0.39, 0.29) is 12.0 Å². The molecule has 0 amide bonds. The van der Waals surface area contributed by atoms with E-state index in [1.165, 1.54) is 22.2 Å². The molecule has 4 heteroatoms. The summed E-state index contributed by atoms with van der Waals surface area (Å²) in [5.74, 6) is -0.148. The van der Waals surface area contributed by atoms with Crippen molar-refractivity contribution >= 4 is 16.9 Å². The van der Waals surface area contributed by atoms with Crippen LogP contribution in [0.3, 0.4) is 0 Å². The van der Waals surface area contributed by atoms with Crippen LogP contribution in [0.25, 0.3) is 10.9 Å². The Hall–Kier alpha value is -1.81. The van der Waals surface area contributed by atoms with Gasteiger partial charge in [-0.3, -0.25) is 0 Å². The molecule has 1 aromatic heterocycles. The Morgan fingerprint density at radius 2 is 2.17 bits per heavy atom. The lowest BCUT2D eigenvalue weighted by Gasteiger charge is -2.17. The van der Waals surface area contributed by atoms with E-state index in [1.807, 2.05) is 13.8 Å². The molecule has 1 atom stereocenters. The largest absolute Gasteiger partial charge is 0.464 e. The Balaban J connectivity index is 2.20. The molecule has 0 bridgehead atoms. The second-order valence-electron chi connectivity index (χ2n) is 6.59. The molecule has 0 fully saturated rings. The third kappa shape index (κ3) is 2.88. The van der Waals surface area contributed by atoms with Crippen LogP contribution in [-0.4, -0.2) is 35.6 Å². The summed E-state index contributed by atoms with van der Waals surface area (Å²) in [5, 5.41) is 1.28. The molecular formula is C19H26N2O2. The first kappa shape index (κ1) is 16.1. The molecule has 124 valence electrons. The molecule has 23 heavy (non-hydrogen) atoms. The number of esters is 1. The van der Waals surface area contributed by atoms with E-state index < -0.39 is 0 Å². The zero-order chi connectivity index (χ0) is 16.6. The Bertz CT molecular complexity index is 733. The Morgan fingerprint density at radius 3 is 2.91 bits per heavy atom. The van der Waals surface area contributed by atoms with Gasteiger partial charge in [0.05, 0.1) is 6.61 Å². The van der Waals surface area contributed by atoms with Crippen molar-refractivity contribution in [3.05, 3.63) is 35.0 Å². The van der Waals surface area contributed by atoms with E-state index in [0.29, 0.717) is 6.61 Å². The Kier molecular flexibility index (Phi) is 4.44. The number of aromatic nitrogens is 1. The van der Waals surface area contributed by atoms with E-state index in [4.69, 9.17) is 4.74 Å². The average molecular weight is 314 g/mol. The van der Waals surface area contributed by atoms with Gasteiger partial charge in [0.1, 0.15) is 6.04 Å². The van der Waals surface area contributed by atoms with Crippen molar-refractivity contribution in [2.45, 2.75) is 46.2 Å². The standard InChI is InChI=1S/C19H26N2O2/c1-5-23-19(22)14(3)21-17-7-6-10-20(4)12-16(17)15-11-13(2)8-9-18(15)21/h8-9,11,14H,5-7,10,12H2,1-4H3. The SMILES string of the molecule is CCOC(=O)C(C)n1c2c(c3cc(C)ccc31)CN(C)CCC2. The van der Waals surface area contributed by atoms with Crippen molar-refractivity contribution in [3.63, 3.8) is 0 Å². The minimum Gasteiger partial charge on any atom is -0.464 e. The van der Waals surface area contributed by atoms with Gasteiger partial charge in [-0.05, 0) is 64.9 Å². The zero-order valence-electron chi connectivity index (χ0n) is 14.6. The number of fused-ring (bicyclic) bond motifs is 3. The first-order chi connectivity index (χ1) is 11.0. The number of hydrogen-bond donors (Lipinski definition) is 0. The van der Waals surface area contributed by atoms with Gasteiger partial charge in [-0.1, -0.05) is 11.6 Å². The molecule has 2 aromatic rings. The highest BCUT2D eigenvalue weighted by atomic mass is 16.5. The van der Waals surface area contributed by atoms with Crippen LogP contribution >= 0.6 is 0 Å². The summed E-state index contributed by atoms with van der Waals surface area (Å²) in [4.78, 5) is 14.7. The number of benzene rings is 1. The van der Waals surface area contributed by atoms with Crippen molar-refractivity contribution in [3.8, 4) is 0 Å². The van der Waals surface area contributed by atoms with Crippen LogP contribution < -0.4 is 0 Å². The Morgan fingerprint density at radius 1 is 1.39 bits per heavy atom. The van der Waals surface area contributed by atoms with Crippen LogP contribution in [0.2, 0.25) is 0 Å². The van der Waals surface area contributed by atoms with E-state index in [0.717, 1.165) is 31.4 Å². The summed E-state index contributed by atoms with van der Waals surface area (Å²) >= 11 is 0. The summed E-state index contributed by atoms with van der Waals surface area (Å²) in [6.45, 7) is 8.39. The number of aryl methyl sites for hydroxylation is 1. The van der Waals surface area contributed by atoms with Gasteiger partial charge in [0.2, 0.25) is 0 Å². The second kappa shape index (κ2) is 6.36. The van der Waals surface area contributed by atoms with Gasteiger partial charge in [0.25, 0.3) is 0 Å². The van der Waals surface area contributed by atoms with Gasteiger partial charge in [-0.2, -0.15) is 0 Å². The number of carbonyl (C=O) groups is 1. The third-order valence-corrected chi connectivity index (χ3v) is 4.77. The minimum atomic E-state index is -0.285. The molecule has 3 rings (SSSR count).